The number of urea groups is 1. The molecule has 1 unspecified atom stereocenters. The van der Waals surface area contributed by atoms with E-state index in [2.05, 4.69) is 10.6 Å². The molecule has 1 saturated heterocycles. The molecule has 0 spiro atoms. The summed E-state index contributed by atoms with van der Waals surface area (Å²) in [7, 11) is 0. The van der Waals surface area contributed by atoms with Crippen LogP contribution in [0.1, 0.15) is 19.3 Å². The molecular weight excluding hydrogens is 272 g/mol. The van der Waals surface area contributed by atoms with E-state index in [4.69, 9.17) is 5.11 Å². The van der Waals surface area contributed by atoms with Crippen LogP contribution in [0.5, 0.6) is 0 Å². The van der Waals surface area contributed by atoms with Crippen LogP contribution < -0.4 is 10.6 Å². The molecule has 3 N–H and O–H groups in total. The first-order chi connectivity index (χ1) is 8.63. The van der Waals surface area contributed by atoms with Gasteiger partial charge in [0.25, 0.3) is 0 Å². The predicted molar refractivity (Wildman–Crippen MR) is 76.4 cm³/mol. The molecule has 1 aliphatic heterocycles. The molecule has 0 bridgehead atoms. The molecule has 1 heterocycles. The van der Waals surface area contributed by atoms with Crippen molar-refractivity contribution in [3.05, 3.63) is 0 Å². The lowest BCUT2D eigenvalue weighted by Crippen LogP contribution is -2.49. The molecule has 18 heavy (non-hydrogen) atoms. The van der Waals surface area contributed by atoms with Crippen LogP contribution in [0.15, 0.2) is 0 Å². The standard InChI is InChI=1S/C11H20N2O3S2/c1-17-5-4-9(10(14)15)13-11(16)12-8-2-6-18-7-3-8/h8-9H,2-7H2,1H3,(H,14,15)(H2,12,13,16). The highest BCUT2D eigenvalue weighted by atomic mass is 32.2. The molecule has 1 rings (SSSR count). The van der Waals surface area contributed by atoms with Gasteiger partial charge in [-0.05, 0) is 42.8 Å². The number of hydrogen-bond acceptors (Lipinski definition) is 4. The van der Waals surface area contributed by atoms with Crippen molar-refractivity contribution < 1.29 is 14.7 Å². The van der Waals surface area contributed by atoms with Gasteiger partial charge in [0.2, 0.25) is 0 Å². The van der Waals surface area contributed by atoms with E-state index in [0.717, 1.165) is 30.1 Å². The Morgan fingerprint density at radius 3 is 2.67 bits per heavy atom. The van der Waals surface area contributed by atoms with E-state index in [1.807, 2.05) is 18.0 Å². The molecule has 1 atom stereocenters. The summed E-state index contributed by atoms with van der Waals surface area (Å²) in [4.78, 5) is 22.7. The number of nitrogens with one attached hydrogen (secondary N) is 2. The summed E-state index contributed by atoms with van der Waals surface area (Å²) in [6.07, 6.45) is 4.28. The second-order valence-corrected chi connectivity index (χ2v) is 6.39. The molecule has 0 aromatic carbocycles. The van der Waals surface area contributed by atoms with Gasteiger partial charge >= 0.3 is 12.0 Å². The largest absolute Gasteiger partial charge is 0.480 e. The monoisotopic (exact) mass is 292 g/mol. The number of thioether (sulfide) groups is 2. The van der Waals surface area contributed by atoms with Crippen LogP contribution in [0, 0.1) is 0 Å². The first kappa shape index (κ1) is 15.5. The fourth-order valence-corrected chi connectivity index (χ4v) is 3.30. The lowest BCUT2D eigenvalue weighted by Gasteiger charge is -2.23. The number of rotatable bonds is 6. The Balaban J connectivity index is 2.32. The van der Waals surface area contributed by atoms with Crippen LogP contribution in [0.25, 0.3) is 0 Å². The molecule has 0 saturated carbocycles. The van der Waals surface area contributed by atoms with Gasteiger partial charge < -0.3 is 15.7 Å². The van der Waals surface area contributed by atoms with Gasteiger partial charge in [0, 0.05) is 6.04 Å². The van der Waals surface area contributed by atoms with Crippen LogP contribution in [0.2, 0.25) is 0 Å². The molecule has 104 valence electrons. The van der Waals surface area contributed by atoms with Gasteiger partial charge in [-0.15, -0.1) is 0 Å². The van der Waals surface area contributed by atoms with Crippen molar-refractivity contribution in [1.82, 2.24) is 10.6 Å². The smallest absolute Gasteiger partial charge is 0.326 e. The number of carboxylic acids is 1. The van der Waals surface area contributed by atoms with Crippen LogP contribution in [0.3, 0.4) is 0 Å². The third-order valence-corrected chi connectivity index (χ3v) is 4.46. The highest BCUT2D eigenvalue weighted by molar-refractivity contribution is 7.99. The van der Waals surface area contributed by atoms with E-state index in [9.17, 15) is 9.59 Å². The van der Waals surface area contributed by atoms with E-state index in [1.54, 1.807) is 11.8 Å². The topological polar surface area (TPSA) is 78.4 Å². The Kier molecular flexibility index (Phi) is 7.34. The van der Waals surface area contributed by atoms with Crippen LogP contribution in [-0.4, -0.2) is 52.7 Å². The Morgan fingerprint density at radius 1 is 1.44 bits per heavy atom. The summed E-state index contributed by atoms with van der Waals surface area (Å²) >= 11 is 3.46. The third kappa shape index (κ3) is 5.86. The zero-order chi connectivity index (χ0) is 13.4. The Bertz CT molecular complexity index is 283. The van der Waals surface area contributed by atoms with E-state index < -0.39 is 12.0 Å². The van der Waals surface area contributed by atoms with E-state index >= 15 is 0 Å². The second kappa shape index (κ2) is 8.53. The molecule has 7 heteroatoms. The maximum Gasteiger partial charge on any atom is 0.326 e. The highest BCUT2D eigenvalue weighted by Crippen LogP contribution is 2.16. The van der Waals surface area contributed by atoms with Gasteiger partial charge in [-0.2, -0.15) is 23.5 Å². The van der Waals surface area contributed by atoms with Crippen LogP contribution in [-0.2, 0) is 4.79 Å². The van der Waals surface area contributed by atoms with Crippen LogP contribution in [0.4, 0.5) is 4.79 Å². The predicted octanol–water partition coefficient (Wildman–Crippen LogP) is 1.39. The van der Waals surface area contributed by atoms with Crippen molar-refractivity contribution in [2.24, 2.45) is 0 Å². The van der Waals surface area contributed by atoms with Crippen molar-refractivity contribution in [2.75, 3.05) is 23.5 Å². The van der Waals surface area contributed by atoms with E-state index in [-0.39, 0.29) is 12.1 Å². The van der Waals surface area contributed by atoms with Crippen molar-refractivity contribution in [1.29, 1.82) is 0 Å². The fraction of sp³-hybridized carbons (Fsp3) is 0.818. The third-order valence-electron chi connectivity index (χ3n) is 2.77. The maximum atomic E-state index is 11.7. The Labute approximate surface area is 116 Å². The fourth-order valence-electron chi connectivity index (χ4n) is 1.72. The molecule has 0 aromatic heterocycles. The summed E-state index contributed by atoms with van der Waals surface area (Å²) in [5.74, 6) is 1.86. The second-order valence-electron chi connectivity index (χ2n) is 4.18. The Hall–Kier alpha value is -0.560. The zero-order valence-corrected chi connectivity index (χ0v) is 12.1. The minimum absolute atomic E-state index is 0.182. The molecule has 0 aromatic rings. The first-order valence-electron chi connectivity index (χ1n) is 6.00. The average molecular weight is 292 g/mol. The normalized spacial score (nSPS) is 18.1. The summed E-state index contributed by atoms with van der Waals surface area (Å²) < 4.78 is 0. The van der Waals surface area contributed by atoms with Gasteiger partial charge in [-0.1, -0.05) is 0 Å². The maximum absolute atomic E-state index is 11.7. The van der Waals surface area contributed by atoms with Crippen molar-refractivity contribution in [3.63, 3.8) is 0 Å². The Morgan fingerprint density at radius 2 is 2.11 bits per heavy atom. The van der Waals surface area contributed by atoms with Crippen molar-refractivity contribution >= 4 is 35.5 Å². The summed E-state index contributed by atoms with van der Waals surface area (Å²) in [6, 6.07) is -0.975. The van der Waals surface area contributed by atoms with Gasteiger partial charge in [0.05, 0.1) is 0 Å². The minimum atomic E-state index is -0.974. The van der Waals surface area contributed by atoms with Gasteiger partial charge in [0.15, 0.2) is 0 Å². The van der Waals surface area contributed by atoms with Crippen LogP contribution >= 0.6 is 23.5 Å². The molecule has 0 aliphatic carbocycles. The number of amides is 2. The van der Waals surface area contributed by atoms with Gasteiger partial charge in [0.1, 0.15) is 6.04 Å². The molecule has 2 amide bonds. The highest BCUT2D eigenvalue weighted by Gasteiger charge is 2.21. The van der Waals surface area contributed by atoms with Crippen molar-refractivity contribution in [3.8, 4) is 0 Å². The number of hydrogen-bond donors (Lipinski definition) is 3. The van der Waals surface area contributed by atoms with E-state index in [1.165, 1.54) is 0 Å². The first-order valence-corrected chi connectivity index (χ1v) is 8.55. The number of aliphatic carboxylic acids is 1. The average Bonchev–Trinajstić information content (AvgIpc) is 2.35. The molecule has 1 fully saturated rings. The summed E-state index contributed by atoms with van der Waals surface area (Å²) in [5.41, 5.74) is 0. The van der Waals surface area contributed by atoms with Gasteiger partial charge in [-0.25, -0.2) is 9.59 Å². The number of carbonyl (C=O) groups excluding carboxylic acids is 1. The number of carboxylic acid groups (broad SMARTS) is 1. The molecular formula is C11H20N2O3S2. The summed E-state index contributed by atoms with van der Waals surface area (Å²) in [6.45, 7) is 0. The molecule has 1 aliphatic rings. The van der Waals surface area contributed by atoms with Crippen molar-refractivity contribution in [2.45, 2.75) is 31.3 Å². The SMILES string of the molecule is CSCCC(NC(=O)NC1CCSCC1)C(=O)O. The molecule has 5 nitrogen and oxygen atoms in total. The summed E-state index contributed by atoms with van der Waals surface area (Å²) in [5, 5.41) is 14.4. The zero-order valence-electron chi connectivity index (χ0n) is 10.5. The lowest BCUT2D eigenvalue weighted by atomic mass is 10.1. The molecule has 0 radical (unpaired) electrons. The van der Waals surface area contributed by atoms with E-state index in [0.29, 0.717) is 6.42 Å². The lowest BCUT2D eigenvalue weighted by molar-refractivity contribution is -0.139. The quantitative estimate of drug-likeness (QED) is 0.689. The minimum Gasteiger partial charge on any atom is -0.480 e. The van der Waals surface area contributed by atoms with Gasteiger partial charge in [-0.3, -0.25) is 0 Å². The number of carbonyl (C=O) groups is 2.